The van der Waals surface area contributed by atoms with E-state index < -0.39 is 77.4 Å². The number of nitrogens with one attached hydrogen (secondary N) is 1. The number of anilines is 1. The number of ether oxygens (including phenoxy) is 3. The number of halogens is 16. The Balaban J connectivity index is 2.43. The molecule has 0 aliphatic rings. The monoisotopic (exact) mass is 715 g/mol. The summed E-state index contributed by atoms with van der Waals surface area (Å²) in [6, 6.07) is 7.34. The molecule has 2 atom stereocenters. The molecule has 1 amide bonds. The summed E-state index contributed by atoms with van der Waals surface area (Å²) < 4.78 is 221. The van der Waals surface area contributed by atoms with Crippen molar-refractivity contribution in [2.75, 3.05) is 5.32 Å². The molecule has 0 bridgehead atoms. The van der Waals surface area contributed by atoms with Crippen LogP contribution in [0, 0.1) is 0 Å². The van der Waals surface area contributed by atoms with Gasteiger partial charge in [0.05, 0.1) is 0 Å². The summed E-state index contributed by atoms with van der Waals surface area (Å²) in [5.74, 6) is -19.3. The molecular formula is C25H17F16NO5. The van der Waals surface area contributed by atoms with E-state index >= 15 is 0 Å². The van der Waals surface area contributed by atoms with Crippen LogP contribution in [0.25, 0.3) is 0 Å². The van der Waals surface area contributed by atoms with E-state index in [9.17, 15) is 79.8 Å². The van der Waals surface area contributed by atoms with Gasteiger partial charge in [-0.25, -0.2) is 4.39 Å². The molecule has 0 aliphatic carbocycles. The molecule has 0 spiro atoms. The van der Waals surface area contributed by atoms with Crippen LogP contribution >= 0.6 is 0 Å². The molecule has 2 aromatic carbocycles. The van der Waals surface area contributed by atoms with Crippen molar-refractivity contribution >= 4 is 17.4 Å². The maximum absolute atomic E-state index is 14.4. The van der Waals surface area contributed by atoms with Crippen LogP contribution in [-0.4, -0.2) is 60.5 Å². The second-order valence-corrected chi connectivity index (χ2v) is 9.21. The fourth-order valence-corrected chi connectivity index (χ4v) is 3.23. The first-order valence-corrected chi connectivity index (χ1v) is 12.1. The highest BCUT2D eigenvalue weighted by molar-refractivity contribution is 6.06. The molecule has 0 heterocycles. The van der Waals surface area contributed by atoms with Crippen molar-refractivity contribution in [2.24, 2.45) is 0 Å². The Bertz CT molecular complexity index is 1460. The van der Waals surface area contributed by atoms with Gasteiger partial charge in [0.1, 0.15) is 5.75 Å². The third kappa shape index (κ3) is 8.37. The Kier molecular flexibility index (Phi) is 10.9. The molecule has 264 valence electrons. The first kappa shape index (κ1) is 39.4. The Morgan fingerprint density at radius 3 is 1.81 bits per heavy atom. The quantitative estimate of drug-likeness (QED) is 0.166. The fraction of sp³-hybridized carbons (Fsp3) is 0.440. The molecule has 47 heavy (non-hydrogen) atoms. The van der Waals surface area contributed by atoms with Crippen LogP contribution in [0.5, 0.6) is 5.75 Å². The minimum absolute atomic E-state index is 0.120. The van der Waals surface area contributed by atoms with E-state index in [1.165, 1.54) is 22.9 Å². The summed E-state index contributed by atoms with van der Waals surface area (Å²) in [6.07, 6.45) is -41.7. The van der Waals surface area contributed by atoms with Crippen molar-refractivity contribution in [1.82, 2.24) is 0 Å². The summed E-state index contributed by atoms with van der Waals surface area (Å²) in [5, 5.41) is 2.27. The van der Waals surface area contributed by atoms with Gasteiger partial charge in [0.15, 0.2) is 5.78 Å². The fourth-order valence-electron chi connectivity index (χ4n) is 3.23. The molecule has 0 saturated heterocycles. The van der Waals surface area contributed by atoms with Crippen LogP contribution in [0.3, 0.4) is 0 Å². The molecule has 0 fully saturated rings. The lowest BCUT2D eigenvalue weighted by molar-refractivity contribution is -0.543. The highest BCUT2D eigenvalue weighted by Crippen LogP contribution is 2.55. The second-order valence-electron chi connectivity index (χ2n) is 9.21. The highest BCUT2D eigenvalue weighted by Gasteiger charge is 2.84. The summed E-state index contributed by atoms with van der Waals surface area (Å²) in [7, 11) is 0. The van der Waals surface area contributed by atoms with Gasteiger partial charge in [0.25, 0.3) is 5.91 Å². The van der Waals surface area contributed by atoms with Crippen LogP contribution < -0.4 is 10.1 Å². The van der Waals surface area contributed by atoms with E-state index in [4.69, 9.17) is 0 Å². The summed E-state index contributed by atoms with van der Waals surface area (Å²) in [4.78, 5) is 24.5. The minimum Gasteiger partial charge on any atom is -0.428 e. The Morgan fingerprint density at radius 1 is 0.766 bits per heavy atom. The summed E-state index contributed by atoms with van der Waals surface area (Å²) in [6.45, 7) is 2.53. The van der Waals surface area contributed by atoms with Crippen molar-refractivity contribution < 1.29 is 94.0 Å². The summed E-state index contributed by atoms with van der Waals surface area (Å²) in [5.41, 5.74) is -0.558. The lowest BCUT2D eigenvalue weighted by atomic mass is 10.1. The van der Waals surface area contributed by atoms with Crippen molar-refractivity contribution in [3.63, 3.8) is 0 Å². The zero-order valence-corrected chi connectivity index (χ0v) is 22.9. The molecule has 2 aromatic rings. The molecule has 0 aliphatic heterocycles. The molecule has 0 aromatic heterocycles. The number of carbonyl (C=O) groups is 2. The van der Waals surface area contributed by atoms with Crippen LogP contribution in [0.15, 0.2) is 42.5 Å². The number of carbonyl (C=O) groups excluding carboxylic acids is 2. The topological polar surface area (TPSA) is 73.9 Å². The average Bonchev–Trinajstić information content (AvgIpc) is 2.90. The zero-order valence-electron chi connectivity index (χ0n) is 22.9. The number of aryl methyl sites for hydroxylation is 1. The van der Waals surface area contributed by atoms with Crippen molar-refractivity contribution in [1.29, 1.82) is 0 Å². The zero-order chi connectivity index (χ0) is 36.6. The molecule has 2 rings (SSSR count). The van der Waals surface area contributed by atoms with Gasteiger partial charge < -0.3 is 10.1 Å². The van der Waals surface area contributed by atoms with Gasteiger partial charge in [-0.1, -0.05) is 19.1 Å². The first-order chi connectivity index (χ1) is 21.0. The predicted molar refractivity (Wildman–Crippen MR) is 124 cm³/mol. The van der Waals surface area contributed by atoms with Gasteiger partial charge in [0, 0.05) is 16.8 Å². The van der Waals surface area contributed by atoms with Crippen LogP contribution in [-0.2, 0) is 15.9 Å². The Hall–Kier alpha value is -3.82. The molecular weight excluding hydrogens is 698 g/mol. The molecule has 6 nitrogen and oxygen atoms in total. The van der Waals surface area contributed by atoms with Gasteiger partial charge in [-0.05, 0) is 49.2 Å². The van der Waals surface area contributed by atoms with Gasteiger partial charge >= 0.3 is 48.8 Å². The first-order valence-electron chi connectivity index (χ1n) is 12.1. The van der Waals surface area contributed by atoms with Crippen molar-refractivity contribution in [2.45, 2.75) is 69.1 Å². The minimum atomic E-state index is -7.85. The second kappa shape index (κ2) is 13.0. The molecule has 0 radical (unpaired) electrons. The molecule has 22 heteroatoms. The predicted octanol–water partition coefficient (Wildman–Crippen LogP) is 8.62. The Morgan fingerprint density at radius 2 is 1.32 bits per heavy atom. The van der Waals surface area contributed by atoms with E-state index in [1.807, 2.05) is 0 Å². The van der Waals surface area contributed by atoms with Crippen LogP contribution in [0.4, 0.5) is 75.9 Å². The van der Waals surface area contributed by atoms with E-state index in [-0.39, 0.29) is 5.69 Å². The maximum atomic E-state index is 14.4. The van der Waals surface area contributed by atoms with E-state index in [2.05, 4.69) is 14.8 Å². The number of ketones is 1. The smallest absolute Gasteiger partial charge is 0.428 e. The van der Waals surface area contributed by atoms with E-state index in [0.717, 1.165) is 13.0 Å². The maximum Gasteiger partial charge on any atom is 0.462 e. The van der Waals surface area contributed by atoms with Gasteiger partial charge in [-0.3, -0.25) is 19.1 Å². The third-order valence-electron chi connectivity index (χ3n) is 5.67. The largest absolute Gasteiger partial charge is 0.462 e. The third-order valence-corrected chi connectivity index (χ3v) is 5.67. The van der Waals surface area contributed by atoms with Crippen molar-refractivity contribution in [3.05, 3.63) is 59.2 Å². The molecule has 2 unspecified atom stereocenters. The highest BCUT2D eigenvalue weighted by atomic mass is 19.4. The van der Waals surface area contributed by atoms with Gasteiger partial charge in [-0.15, -0.1) is 0 Å². The normalized spacial score (nSPS) is 15.5. The van der Waals surface area contributed by atoms with Gasteiger partial charge in [0.2, 0.25) is 0 Å². The van der Waals surface area contributed by atoms with Gasteiger partial charge in [-0.2, -0.15) is 65.9 Å². The van der Waals surface area contributed by atoms with Crippen LogP contribution in [0.2, 0.25) is 0 Å². The SMILES string of the molecule is CCc1cccc(NC(=O)c2cc(OC(F)(F)C(F)OC(F)(F)C(F)(OC(F)(F)C(F)(F)C(F)(F)F)C(F)(F)F)cc(C(C)=O)c2)c1. The van der Waals surface area contributed by atoms with E-state index in [1.54, 1.807) is 13.0 Å². The number of benzene rings is 2. The number of amides is 1. The van der Waals surface area contributed by atoms with E-state index in [0.29, 0.717) is 24.1 Å². The lowest BCUT2D eigenvalue weighted by Crippen LogP contribution is -2.66. The number of alkyl halides is 16. The number of rotatable bonds is 13. The molecule has 0 saturated carbocycles. The molecule has 1 N–H and O–H groups in total. The Labute approximate surface area is 251 Å². The van der Waals surface area contributed by atoms with Crippen LogP contribution in [0.1, 0.15) is 40.1 Å². The number of Topliss-reactive ketones (excluding diaryl/α,β-unsaturated/α-hetero) is 1. The average molecular weight is 715 g/mol. The standard InChI is InChI=1S/C25H17F16NO5/c1-3-12-5-4-6-15(7-12)42-17(44)14-8-13(11(2)43)9-16(10-14)45-19(27,28)18(26)46-25(40,41)21(31,23(35,36)37)47-24(38,39)20(29,30)22(32,33)34/h4-10,18H,3H2,1-2H3,(H,42,44). The lowest BCUT2D eigenvalue weighted by Gasteiger charge is -2.38. The number of hydrogen-bond donors (Lipinski definition) is 1. The number of hydrogen-bond acceptors (Lipinski definition) is 5. The summed E-state index contributed by atoms with van der Waals surface area (Å²) >= 11 is 0. The van der Waals surface area contributed by atoms with Crippen molar-refractivity contribution in [3.8, 4) is 5.75 Å².